The van der Waals surface area contributed by atoms with Gasteiger partial charge in [-0.3, -0.25) is 14.9 Å². The van der Waals surface area contributed by atoms with E-state index in [2.05, 4.69) is 0 Å². The highest BCUT2D eigenvalue weighted by atomic mass is 16.6. The van der Waals surface area contributed by atoms with Crippen molar-refractivity contribution in [1.82, 2.24) is 4.90 Å². The number of amides is 1. The van der Waals surface area contributed by atoms with E-state index in [1.807, 2.05) is 13.8 Å². The Bertz CT molecular complexity index is 483. The Labute approximate surface area is 99.2 Å². The van der Waals surface area contributed by atoms with Crippen molar-refractivity contribution in [3.8, 4) is 0 Å². The van der Waals surface area contributed by atoms with Crippen LogP contribution in [0.25, 0.3) is 0 Å². The van der Waals surface area contributed by atoms with Crippen molar-refractivity contribution in [2.45, 2.75) is 20.4 Å². The number of rotatable bonds is 3. The minimum atomic E-state index is -0.490. The zero-order chi connectivity index (χ0) is 12.6. The monoisotopic (exact) mass is 234 g/mol. The summed E-state index contributed by atoms with van der Waals surface area (Å²) in [7, 11) is 0. The topological polar surface area (TPSA) is 63.4 Å². The molecule has 1 amide bonds. The van der Waals surface area contributed by atoms with Gasteiger partial charge in [-0.15, -0.1) is 0 Å². The van der Waals surface area contributed by atoms with E-state index >= 15 is 0 Å². The molecule has 0 N–H and O–H groups in total. The van der Waals surface area contributed by atoms with Gasteiger partial charge in [-0.1, -0.05) is 26.0 Å². The summed E-state index contributed by atoms with van der Waals surface area (Å²) in [6.45, 7) is 5.15. The lowest BCUT2D eigenvalue weighted by atomic mass is 10.1. The Morgan fingerprint density at radius 1 is 1.47 bits per heavy atom. The van der Waals surface area contributed by atoms with Crippen molar-refractivity contribution in [2.24, 2.45) is 5.92 Å². The highest BCUT2D eigenvalue weighted by molar-refractivity contribution is 6.02. The van der Waals surface area contributed by atoms with E-state index in [-0.39, 0.29) is 17.2 Å². The van der Waals surface area contributed by atoms with Gasteiger partial charge in [0.1, 0.15) is 5.56 Å². The molecule has 1 aromatic rings. The quantitative estimate of drug-likeness (QED) is 0.595. The second-order valence-corrected chi connectivity index (χ2v) is 4.65. The zero-order valence-corrected chi connectivity index (χ0v) is 9.84. The van der Waals surface area contributed by atoms with E-state index in [9.17, 15) is 14.9 Å². The number of hydrogen-bond donors (Lipinski definition) is 0. The van der Waals surface area contributed by atoms with Crippen molar-refractivity contribution in [1.29, 1.82) is 0 Å². The van der Waals surface area contributed by atoms with Gasteiger partial charge >= 0.3 is 0 Å². The molecule has 1 heterocycles. The first-order valence-corrected chi connectivity index (χ1v) is 5.56. The Hall–Kier alpha value is -1.91. The van der Waals surface area contributed by atoms with Gasteiger partial charge in [0.05, 0.1) is 4.92 Å². The smallest absolute Gasteiger partial charge is 0.282 e. The van der Waals surface area contributed by atoms with Gasteiger partial charge in [0.25, 0.3) is 11.6 Å². The fourth-order valence-corrected chi connectivity index (χ4v) is 2.14. The number of carbonyl (C=O) groups is 1. The van der Waals surface area contributed by atoms with Crippen LogP contribution in [0.2, 0.25) is 0 Å². The number of hydrogen-bond acceptors (Lipinski definition) is 3. The van der Waals surface area contributed by atoms with Gasteiger partial charge in [0.2, 0.25) is 0 Å². The van der Waals surface area contributed by atoms with Crippen LogP contribution in [0, 0.1) is 16.0 Å². The van der Waals surface area contributed by atoms with Crippen molar-refractivity contribution in [3.63, 3.8) is 0 Å². The average Bonchev–Trinajstić information content (AvgIpc) is 2.55. The van der Waals surface area contributed by atoms with Crippen LogP contribution in [0.15, 0.2) is 18.2 Å². The molecule has 5 heteroatoms. The van der Waals surface area contributed by atoms with Gasteiger partial charge in [0, 0.05) is 19.2 Å². The molecule has 90 valence electrons. The lowest BCUT2D eigenvalue weighted by Crippen LogP contribution is -2.28. The third-order valence-corrected chi connectivity index (χ3v) is 2.77. The number of nitro groups is 1. The van der Waals surface area contributed by atoms with Crippen LogP contribution >= 0.6 is 0 Å². The Balaban J connectivity index is 2.38. The molecule has 0 radical (unpaired) electrons. The number of carbonyl (C=O) groups excluding carboxylic acids is 1. The van der Waals surface area contributed by atoms with Gasteiger partial charge in [-0.05, 0) is 11.5 Å². The second kappa shape index (κ2) is 4.16. The van der Waals surface area contributed by atoms with E-state index in [0.29, 0.717) is 19.0 Å². The summed E-state index contributed by atoms with van der Waals surface area (Å²) >= 11 is 0. The summed E-state index contributed by atoms with van der Waals surface area (Å²) in [5.41, 5.74) is 0.932. The molecule has 0 bridgehead atoms. The molecule has 0 spiro atoms. The van der Waals surface area contributed by atoms with Gasteiger partial charge in [-0.2, -0.15) is 0 Å². The highest BCUT2D eigenvalue weighted by Gasteiger charge is 2.34. The van der Waals surface area contributed by atoms with Crippen LogP contribution in [0.4, 0.5) is 5.69 Å². The molecule has 0 saturated heterocycles. The van der Waals surface area contributed by atoms with E-state index < -0.39 is 4.92 Å². The van der Waals surface area contributed by atoms with Crippen LogP contribution in [0.1, 0.15) is 29.8 Å². The second-order valence-electron chi connectivity index (χ2n) is 4.65. The summed E-state index contributed by atoms with van der Waals surface area (Å²) in [4.78, 5) is 24.1. The van der Waals surface area contributed by atoms with Gasteiger partial charge in [0.15, 0.2) is 0 Å². The van der Waals surface area contributed by atoms with Crippen molar-refractivity contribution in [2.75, 3.05) is 6.54 Å². The molecule has 5 nitrogen and oxygen atoms in total. The van der Waals surface area contributed by atoms with Crippen LogP contribution in [-0.4, -0.2) is 22.3 Å². The summed E-state index contributed by atoms with van der Waals surface area (Å²) in [5.74, 6) is 0.133. The van der Waals surface area contributed by atoms with Crippen molar-refractivity contribution in [3.05, 3.63) is 39.4 Å². The molecule has 0 unspecified atom stereocenters. The summed E-state index contributed by atoms with van der Waals surface area (Å²) in [6.07, 6.45) is 0. The molecule has 0 fully saturated rings. The molecule has 0 aliphatic carbocycles. The maximum atomic E-state index is 12.1. The van der Waals surface area contributed by atoms with Crippen LogP contribution < -0.4 is 0 Å². The maximum absolute atomic E-state index is 12.1. The van der Waals surface area contributed by atoms with Gasteiger partial charge < -0.3 is 4.90 Å². The normalized spacial score (nSPS) is 14.3. The molecule has 17 heavy (non-hydrogen) atoms. The molecule has 1 aliphatic rings. The van der Waals surface area contributed by atoms with E-state index in [4.69, 9.17) is 0 Å². The summed E-state index contributed by atoms with van der Waals surface area (Å²) < 4.78 is 0. The Morgan fingerprint density at radius 3 is 2.76 bits per heavy atom. The molecule has 2 rings (SSSR count). The lowest BCUT2D eigenvalue weighted by Gasteiger charge is -2.17. The molecular weight excluding hydrogens is 220 g/mol. The third-order valence-electron chi connectivity index (χ3n) is 2.77. The zero-order valence-electron chi connectivity index (χ0n) is 9.84. The number of fused-ring (bicyclic) bond motifs is 1. The van der Waals surface area contributed by atoms with Crippen molar-refractivity contribution < 1.29 is 9.72 Å². The van der Waals surface area contributed by atoms with Crippen molar-refractivity contribution >= 4 is 11.6 Å². The molecule has 0 atom stereocenters. The van der Waals surface area contributed by atoms with Gasteiger partial charge in [-0.25, -0.2) is 0 Å². The molecule has 1 aromatic carbocycles. The van der Waals surface area contributed by atoms with E-state index in [0.717, 1.165) is 5.56 Å². The Kier molecular flexibility index (Phi) is 2.83. The first-order chi connectivity index (χ1) is 8.00. The molecule has 1 aliphatic heterocycles. The standard InChI is InChI=1S/C12H14N2O3/c1-8(2)6-13-7-9-4-3-5-10(14(16)17)11(9)12(13)15/h3-5,8H,6-7H2,1-2H3. The predicted molar refractivity (Wildman–Crippen MR) is 62.7 cm³/mol. The Morgan fingerprint density at radius 2 is 2.18 bits per heavy atom. The lowest BCUT2D eigenvalue weighted by molar-refractivity contribution is -0.385. The minimum absolute atomic E-state index is 0.0845. The number of nitrogens with zero attached hydrogens (tertiary/aromatic N) is 2. The number of nitro benzene ring substituents is 1. The predicted octanol–water partition coefficient (Wildman–Crippen LogP) is 2.21. The minimum Gasteiger partial charge on any atom is -0.334 e. The molecule has 0 saturated carbocycles. The average molecular weight is 234 g/mol. The fourth-order valence-electron chi connectivity index (χ4n) is 2.14. The highest BCUT2D eigenvalue weighted by Crippen LogP contribution is 2.30. The summed E-state index contributed by atoms with van der Waals surface area (Å²) in [5, 5.41) is 10.9. The molecule has 0 aromatic heterocycles. The third kappa shape index (κ3) is 2.00. The van der Waals surface area contributed by atoms with Crippen LogP contribution in [0.5, 0.6) is 0 Å². The first-order valence-electron chi connectivity index (χ1n) is 5.56. The maximum Gasteiger partial charge on any atom is 0.282 e. The summed E-state index contributed by atoms with van der Waals surface area (Å²) in [6, 6.07) is 4.79. The first kappa shape index (κ1) is 11.6. The number of benzene rings is 1. The van der Waals surface area contributed by atoms with Crippen LogP contribution in [0.3, 0.4) is 0 Å². The van der Waals surface area contributed by atoms with Crippen LogP contribution in [-0.2, 0) is 6.54 Å². The van der Waals surface area contributed by atoms with E-state index in [1.165, 1.54) is 6.07 Å². The fraction of sp³-hybridized carbons (Fsp3) is 0.417. The largest absolute Gasteiger partial charge is 0.334 e. The van der Waals surface area contributed by atoms with E-state index in [1.54, 1.807) is 17.0 Å². The SMILES string of the molecule is CC(C)CN1Cc2cccc([N+](=O)[O-])c2C1=O. The molecular formula is C12H14N2O3.